The molecule has 3 rings (SSSR count). The average Bonchev–Trinajstić information content (AvgIpc) is 2.63. The van der Waals surface area contributed by atoms with Crippen LogP contribution in [0, 0.1) is 17.1 Å². The van der Waals surface area contributed by atoms with Gasteiger partial charge >= 0.3 is 0 Å². The van der Waals surface area contributed by atoms with Crippen molar-refractivity contribution in [1.29, 1.82) is 5.26 Å². The van der Waals surface area contributed by atoms with Crippen LogP contribution < -0.4 is 4.74 Å². The molecule has 1 atom stereocenters. The third kappa shape index (κ3) is 3.61. The fourth-order valence-electron chi connectivity index (χ4n) is 2.47. The Morgan fingerprint density at radius 2 is 1.38 bits per heavy atom. The molecule has 1 unspecified atom stereocenters. The molecule has 3 aromatic carbocycles. The minimum atomic E-state index is -0.252. The van der Waals surface area contributed by atoms with E-state index in [1.165, 1.54) is 12.1 Å². The zero-order valence-electron chi connectivity index (χ0n) is 13.2. The highest BCUT2D eigenvalue weighted by atomic mass is 19.1. The third-order valence-electron chi connectivity index (χ3n) is 3.85. The summed E-state index contributed by atoms with van der Waals surface area (Å²) in [5, 5.41) is 8.84. The maximum Gasteiger partial charge on any atom is 0.123 e. The number of nitrogens with zero attached hydrogens (tertiary/aromatic N) is 1. The number of ether oxygens (including phenoxy) is 1. The van der Waals surface area contributed by atoms with Crippen LogP contribution in [0.4, 0.5) is 4.39 Å². The number of halogens is 1. The van der Waals surface area contributed by atoms with Gasteiger partial charge < -0.3 is 4.74 Å². The maximum atomic E-state index is 13.0. The highest BCUT2D eigenvalue weighted by Gasteiger charge is 2.08. The van der Waals surface area contributed by atoms with Gasteiger partial charge in [0.15, 0.2) is 0 Å². The smallest absolute Gasteiger partial charge is 0.123 e. The van der Waals surface area contributed by atoms with Gasteiger partial charge in [0.1, 0.15) is 17.7 Å². The van der Waals surface area contributed by atoms with Gasteiger partial charge in [-0.25, -0.2) is 4.39 Å². The van der Waals surface area contributed by atoms with Crippen LogP contribution >= 0.6 is 0 Å². The van der Waals surface area contributed by atoms with Crippen molar-refractivity contribution in [2.24, 2.45) is 0 Å². The molecular weight excluding hydrogens is 301 g/mol. The molecule has 0 radical (unpaired) electrons. The summed E-state index contributed by atoms with van der Waals surface area (Å²) in [7, 11) is 0. The first-order chi connectivity index (χ1) is 11.7. The Kier molecular flexibility index (Phi) is 4.58. The second-order valence-corrected chi connectivity index (χ2v) is 5.53. The van der Waals surface area contributed by atoms with Crippen LogP contribution in [0.15, 0.2) is 72.8 Å². The predicted octanol–water partition coefficient (Wildman–Crippen LogP) is 5.50. The van der Waals surface area contributed by atoms with E-state index in [9.17, 15) is 4.39 Å². The Hall–Kier alpha value is -3.12. The van der Waals surface area contributed by atoms with Gasteiger partial charge in [0, 0.05) is 0 Å². The van der Waals surface area contributed by atoms with Gasteiger partial charge in [-0.1, -0.05) is 36.4 Å². The van der Waals surface area contributed by atoms with Crippen LogP contribution in [0.3, 0.4) is 0 Å². The van der Waals surface area contributed by atoms with Crippen LogP contribution in [-0.2, 0) is 0 Å². The molecule has 0 saturated heterocycles. The molecule has 0 aliphatic carbocycles. The zero-order valence-corrected chi connectivity index (χ0v) is 13.2. The molecule has 2 nitrogen and oxygen atoms in total. The fourth-order valence-corrected chi connectivity index (χ4v) is 2.47. The third-order valence-corrected chi connectivity index (χ3v) is 3.85. The number of rotatable bonds is 4. The predicted molar refractivity (Wildman–Crippen MR) is 92.0 cm³/mol. The quantitative estimate of drug-likeness (QED) is 0.636. The molecular formula is C21H16FNO. The van der Waals surface area contributed by atoms with Crippen LogP contribution in [-0.4, -0.2) is 0 Å². The molecule has 118 valence electrons. The van der Waals surface area contributed by atoms with E-state index < -0.39 is 0 Å². The van der Waals surface area contributed by atoms with E-state index in [0.717, 1.165) is 22.4 Å². The summed E-state index contributed by atoms with van der Waals surface area (Å²) in [5.74, 6) is 0.502. The Labute approximate surface area is 140 Å². The van der Waals surface area contributed by atoms with E-state index in [-0.39, 0.29) is 11.9 Å². The lowest BCUT2D eigenvalue weighted by atomic mass is 10.0. The number of hydrogen-bond donors (Lipinski definition) is 0. The molecule has 0 aliphatic rings. The molecule has 0 bridgehead atoms. The first-order valence-corrected chi connectivity index (χ1v) is 7.68. The van der Waals surface area contributed by atoms with Crippen molar-refractivity contribution in [3.63, 3.8) is 0 Å². The summed E-state index contributed by atoms with van der Waals surface area (Å²) in [6.45, 7) is 1.93. The number of hydrogen-bond acceptors (Lipinski definition) is 2. The average molecular weight is 317 g/mol. The summed E-state index contributed by atoms with van der Waals surface area (Å²) in [6.07, 6.45) is -0.161. The molecule has 24 heavy (non-hydrogen) atoms. The topological polar surface area (TPSA) is 33.0 Å². The number of benzene rings is 3. The van der Waals surface area contributed by atoms with Crippen molar-refractivity contribution in [1.82, 2.24) is 0 Å². The van der Waals surface area contributed by atoms with Crippen molar-refractivity contribution >= 4 is 0 Å². The molecule has 0 fully saturated rings. The van der Waals surface area contributed by atoms with Gasteiger partial charge in [-0.3, -0.25) is 0 Å². The normalized spacial score (nSPS) is 11.5. The molecule has 0 heterocycles. The van der Waals surface area contributed by atoms with Gasteiger partial charge in [-0.05, 0) is 60.0 Å². The lowest BCUT2D eigenvalue weighted by molar-refractivity contribution is 0.227. The zero-order chi connectivity index (χ0) is 16.9. The summed E-state index contributed by atoms with van der Waals surface area (Å²) in [4.78, 5) is 0. The maximum absolute atomic E-state index is 13.0. The molecule has 0 aromatic heterocycles. The van der Waals surface area contributed by atoms with Crippen molar-refractivity contribution in [2.75, 3.05) is 0 Å². The van der Waals surface area contributed by atoms with Crippen LogP contribution in [0.25, 0.3) is 11.1 Å². The van der Waals surface area contributed by atoms with E-state index in [1.54, 1.807) is 24.3 Å². The lowest BCUT2D eigenvalue weighted by Gasteiger charge is -2.15. The van der Waals surface area contributed by atoms with Crippen molar-refractivity contribution in [3.8, 4) is 22.9 Å². The van der Waals surface area contributed by atoms with E-state index in [2.05, 4.69) is 6.07 Å². The first-order valence-electron chi connectivity index (χ1n) is 7.68. The van der Waals surface area contributed by atoms with Crippen molar-refractivity contribution < 1.29 is 9.13 Å². The molecule has 0 saturated carbocycles. The summed E-state index contributed by atoms with van der Waals surface area (Å²) in [6, 6.07) is 23.7. The summed E-state index contributed by atoms with van der Waals surface area (Å²) < 4.78 is 18.9. The molecule has 0 aliphatic heterocycles. The minimum Gasteiger partial charge on any atom is -0.486 e. The summed E-state index contributed by atoms with van der Waals surface area (Å²) in [5.41, 5.74) is 3.67. The van der Waals surface area contributed by atoms with Crippen LogP contribution in [0.2, 0.25) is 0 Å². The molecule has 3 heteroatoms. The second kappa shape index (κ2) is 6.97. The number of nitriles is 1. The molecule has 0 amide bonds. The molecule has 0 spiro atoms. The van der Waals surface area contributed by atoms with Crippen LogP contribution in [0.1, 0.15) is 24.2 Å². The van der Waals surface area contributed by atoms with Crippen LogP contribution in [0.5, 0.6) is 5.75 Å². The van der Waals surface area contributed by atoms with E-state index in [1.807, 2.05) is 43.3 Å². The SMILES string of the molecule is CC(Oc1ccc(-c2ccc(C#N)cc2)cc1)c1ccc(F)cc1. The van der Waals surface area contributed by atoms with E-state index >= 15 is 0 Å². The highest BCUT2D eigenvalue weighted by Crippen LogP contribution is 2.26. The molecule has 0 N–H and O–H groups in total. The Morgan fingerprint density at radius 1 is 0.833 bits per heavy atom. The van der Waals surface area contributed by atoms with Crippen molar-refractivity contribution in [3.05, 3.63) is 89.7 Å². The monoisotopic (exact) mass is 317 g/mol. The minimum absolute atomic E-state index is 0.161. The fraction of sp³-hybridized carbons (Fsp3) is 0.0952. The second-order valence-electron chi connectivity index (χ2n) is 5.53. The summed E-state index contributed by atoms with van der Waals surface area (Å²) >= 11 is 0. The Bertz CT molecular complexity index is 846. The van der Waals surface area contributed by atoms with Gasteiger partial charge in [0.2, 0.25) is 0 Å². The highest BCUT2D eigenvalue weighted by molar-refractivity contribution is 5.64. The van der Waals surface area contributed by atoms with E-state index in [4.69, 9.17) is 10.00 Å². The Morgan fingerprint density at radius 3 is 1.92 bits per heavy atom. The van der Waals surface area contributed by atoms with Crippen molar-refractivity contribution in [2.45, 2.75) is 13.0 Å². The van der Waals surface area contributed by atoms with Gasteiger partial charge in [0.05, 0.1) is 11.6 Å². The largest absolute Gasteiger partial charge is 0.486 e. The molecule has 3 aromatic rings. The van der Waals surface area contributed by atoms with E-state index in [0.29, 0.717) is 5.56 Å². The lowest BCUT2D eigenvalue weighted by Crippen LogP contribution is -2.02. The van der Waals surface area contributed by atoms with Gasteiger partial charge in [-0.15, -0.1) is 0 Å². The van der Waals surface area contributed by atoms with Gasteiger partial charge in [-0.2, -0.15) is 5.26 Å². The Balaban J connectivity index is 1.72. The standard InChI is InChI=1S/C21H16FNO/c1-15(17-6-10-20(22)11-7-17)24-21-12-8-19(9-13-21)18-4-2-16(14-23)3-5-18/h2-13,15H,1H3. The first kappa shape index (κ1) is 15.8. The van der Waals surface area contributed by atoms with Gasteiger partial charge in [0.25, 0.3) is 0 Å².